The van der Waals surface area contributed by atoms with Gasteiger partial charge in [-0.3, -0.25) is 5.21 Å². The minimum absolute atomic E-state index is 0.0226. The van der Waals surface area contributed by atoms with E-state index in [0.717, 1.165) is 40.0 Å². The maximum Gasteiger partial charge on any atom is 0.315 e. The molecule has 2 aliphatic carbocycles. The summed E-state index contributed by atoms with van der Waals surface area (Å²) >= 11 is 6.54. The number of benzene rings is 2. The lowest BCUT2D eigenvalue weighted by molar-refractivity contribution is -0.905. The Morgan fingerprint density at radius 2 is 1.77 bits per heavy atom. The summed E-state index contributed by atoms with van der Waals surface area (Å²) in [5.74, 6) is 0.761. The lowest BCUT2D eigenvalue weighted by Crippen LogP contribution is -2.56. The summed E-state index contributed by atoms with van der Waals surface area (Å²) in [4.78, 5) is 12.3. The number of aromatic nitrogens is 1. The number of halogens is 1. The number of carbonyl (C=O) groups is 1. The van der Waals surface area contributed by atoms with Crippen LogP contribution in [-0.2, 0) is 27.0 Å². The van der Waals surface area contributed by atoms with Gasteiger partial charge in [-0.05, 0) is 68.4 Å². The predicted molar refractivity (Wildman–Crippen MR) is 192 cm³/mol. The third-order valence-corrected chi connectivity index (χ3v) is 11.6. The van der Waals surface area contributed by atoms with Crippen molar-refractivity contribution < 1.29 is 58.2 Å². The summed E-state index contributed by atoms with van der Waals surface area (Å²) in [6, 6.07) is 12.0. The second-order valence-electron chi connectivity index (χ2n) is 13.5. The van der Waals surface area contributed by atoms with Gasteiger partial charge in [-0.15, -0.1) is 0 Å². The van der Waals surface area contributed by atoms with E-state index >= 15 is 0 Å². The van der Waals surface area contributed by atoms with Crippen molar-refractivity contribution in [2.45, 2.75) is 86.1 Å². The van der Waals surface area contributed by atoms with Crippen molar-refractivity contribution in [1.29, 1.82) is 0 Å². The number of unbranched alkanes of at least 4 members (excludes halogenated alkanes) is 1. The van der Waals surface area contributed by atoms with Crippen LogP contribution >= 0.6 is 11.6 Å². The number of ether oxygens (including phenoxy) is 2. The highest BCUT2D eigenvalue weighted by atomic mass is 35.5. The molecule has 2 aromatic carbocycles. The minimum atomic E-state index is -3.92. The van der Waals surface area contributed by atoms with Crippen LogP contribution < -0.4 is 20.1 Å². The molecule has 1 unspecified atom stereocenters. The van der Waals surface area contributed by atoms with Crippen molar-refractivity contribution >= 4 is 27.7 Å². The Bertz CT molecular complexity index is 1830. The molecule has 2 fully saturated rings. The van der Waals surface area contributed by atoms with Crippen molar-refractivity contribution in [2.24, 2.45) is 0 Å². The average Bonchev–Trinajstić information content (AvgIpc) is 4.10. The van der Waals surface area contributed by atoms with Crippen LogP contribution in [0, 0.1) is 0 Å². The molecule has 8 N–H and O–H groups in total. The first-order chi connectivity index (χ1) is 25.3. The van der Waals surface area contributed by atoms with E-state index < -0.39 is 59.2 Å². The van der Waals surface area contributed by atoms with E-state index in [4.69, 9.17) is 26.2 Å². The maximum absolute atomic E-state index is 13.5. The van der Waals surface area contributed by atoms with Crippen LogP contribution in [0.25, 0.3) is 11.1 Å². The lowest BCUT2D eigenvalue weighted by atomic mass is 9.96. The number of aliphatic hydroxyl groups excluding tert-OH is 5. The fourth-order valence-corrected chi connectivity index (χ4v) is 7.31. The van der Waals surface area contributed by atoms with E-state index in [1.54, 1.807) is 12.4 Å². The molecule has 0 bridgehead atoms. The summed E-state index contributed by atoms with van der Waals surface area (Å²) in [6.07, 6.45) is 2.35. The van der Waals surface area contributed by atoms with E-state index in [-0.39, 0.29) is 30.7 Å². The van der Waals surface area contributed by atoms with Crippen LogP contribution in [0.15, 0.2) is 65.8 Å². The Labute approximate surface area is 313 Å². The van der Waals surface area contributed by atoms with Gasteiger partial charge in [-0.1, -0.05) is 29.8 Å². The van der Waals surface area contributed by atoms with Gasteiger partial charge < -0.3 is 45.6 Å². The van der Waals surface area contributed by atoms with Crippen molar-refractivity contribution in [3.63, 3.8) is 0 Å². The molecule has 1 aromatic heterocycles. The number of urea groups is 1. The van der Waals surface area contributed by atoms with Gasteiger partial charge in [0.15, 0.2) is 0 Å². The summed E-state index contributed by atoms with van der Waals surface area (Å²) in [5.41, 5.74) is 2.30. The fraction of sp³-hybridized carbons (Fsp3) is 0.500. The maximum atomic E-state index is 13.5. The van der Waals surface area contributed by atoms with E-state index in [9.17, 15) is 38.8 Å². The first-order valence-corrected chi connectivity index (χ1v) is 19.3. The molecule has 4 atom stereocenters. The SMILES string of the molecule is CN(CCCCNC(=O)NC(CO)[C@@H](O)[C@H](O)[C@H](O)CO)S(=O)(=O)c1ccc(Cl)c(COC2(c3c[n+](O)ccc3-c3ccccc3OC3CC3)CC2)c1. The van der Waals surface area contributed by atoms with Crippen molar-refractivity contribution in [1.82, 2.24) is 14.9 Å². The summed E-state index contributed by atoms with van der Waals surface area (Å²) in [6.45, 7) is -1.27. The molecule has 5 rings (SSSR count). The van der Waals surface area contributed by atoms with Crippen molar-refractivity contribution in [3.05, 3.63) is 77.1 Å². The first-order valence-electron chi connectivity index (χ1n) is 17.5. The van der Waals surface area contributed by atoms with Gasteiger partial charge in [0.25, 0.3) is 0 Å². The number of hydrogen-bond acceptors (Lipinski definition) is 11. The minimum Gasteiger partial charge on any atom is -0.490 e. The Morgan fingerprint density at radius 1 is 1.04 bits per heavy atom. The number of pyridine rings is 1. The molecule has 0 radical (unpaired) electrons. The van der Waals surface area contributed by atoms with Gasteiger partial charge in [0.2, 0.25) is 22.4 Å². The highest BCUT2D eigenvalue weighted by molar-refractivity contribution is 7.89. The van der Waals surface area contributed by atoms with Crippen molar-refractivity contribution in [3.8, 4) is 16.9 Å². The van der Waals surface area contributed by atoms with Crippen LogP contribution in [0.5, 0.6) is 5.75 Å². The molecule has 0 aliphatic heterocycles. The topological polar surface area (TPSA) is 222 Å². The number of aliphatic hydroxyl groups is 5. The Kier molecular flexibility index (Phi) is 13.6. The van der Waals surface area contributed by atoms with Gasteiger partial charge in [0.05, 0.1) is 42.4 Å². The molecule has 1 heterocycles. The lowest BCUT2D eigenvalue weighted by Gasteiger charge is -2.28. The molecule has 2 amide bonds. The number of para-hydroxylation sites is 1. The predicted octanol–water partition coefficient (Wildman–Crippen LogP) is 1.41. The van der Waals surface area contributed by atoms with Crippen molar-refractivity contribution in [2.75, 3.05) is 33.4 Å². The largest absolute Gasteiger partial charge is 0.490 e. The van der Waals surface area contributed by atoms with Gasteiger partial charge in [-0.2, -0.15) is 0 Å². The first kappa shape index (κ1) is 40.6. The van der Waals surface area contributed by atoms with Gasteiger partial charge in [0, 0.05) is 47.1 Å². The Hall–Kier alpha value is -3.58. The quantitative estimate of drug-likeness (QED) is 0.0466. The fourth-order valence-electron chi connectivity index (χ4n) is 5.88. The zero-order chi connectivity index (χ0) is 38.3. The molecule has 0 spiro atoms. The second-order valence-corrected chi connectivity index (χ2v) is 15.9. The number of nitrogens with zero attached hydrogens (tertiary/aromatic N) is 2. The molecule has 0 saturated heterocycles. The highest BCUT2D eigenvalue weighted by Crippen LogP contribution is 2.53. The van der Waals surface area contributed by atoms with Gasteiger partial charge in [0.1, 0.15) is 29.7 Å². The highest BCUT2D eigenvalue weighted by Gasteiger charge is 2.49. The summed E-state index contributed by atoms with van der Waals surface area (Å²) in [5, 5.41) is 63.4. The zero-order valence-corrected chi connectivity index (χ0v) is 30.9. The molecule has 2 saturated carbocycles. The number of nitrogens with one attached hydrogen (secondary N) is 2. The van der Waals surface area contributed by atoms with Crippen LogP contribution in [0.4, 0.5) is 4.79 Å². The molecule has 3 aromatic rings. The smallest absolute Gasteiger partial charge is 0.315 e. The third kappa shape index (κ3) is 10.1. The third-order valence-electron chi connectivity index (χ3n) is 9.41. The standard InChI is InChI=1S/C36H47ClN4O11S/c1-40(16-5-4-15-38-35(47)39-30(20-42)33(45)34(46)31(44)21-43)53(49,50)25-10-11-29(37)23(18-25)22-51-36(13-14-36)28-19-41(48)17-12-26(28)27-6-2-3-7-32(27)52-24-8-9-24/h2-3,6-7,10-12,17-19,24,30-31,33-34,42-46H,4-5,8-9,13-16,20-22H2,1H3,(H2-,38,39,47,48)/p+1/t30?,31-,33-,34-/m1/s1. The van der Waals surface area contributed by atoms with E-state index in [0.29, 0.717) is 36.3 Å². The summed E-state index contributed by atoms with van der Waals surface area (Å²) in [7, 11) is -2.48. The zero-order valence-electron chi connectivity index (χ0n) is 29.3. The molecule has 15 nitrogen and oxygen atoms in total. The Morgan fingerprint density at radius 3 is 2.45 bits per heavy atom. The monoisotopic (exact) mass is 779 g/mol. The van der Waals surface area contributed by atoms with Crippen LogP contribution in [0.3, 0.4) is 0 Å². The van der Waals surface area contributed by atoms with Crippen LogP contribution in [0.1, 0.15) is 49.7 Å². The molecule has 53 heavy (non-hydrogen) atoms. The van der Waals surface area contributed by atoms with E-state index in [1.165, 1.54) is 29.6 Å². The van der Waals surface area contributed by atoms with Gasteiger partial charge >= 0.3 is 6.03 Å². The molecular formula is C36H48ClN4O11S+. The molecule has 17 heteroatoms. The summed E-state index contributed by atoms with van der Waals surface area (Å²) < 4.78 is 41.9. The molecule has 290 valence electrons. The van der Waals surface area contributed by atoms with Crippen LogP contribution in [-0.4, -0.2) is 113 Å². The number of amides is 2. The number of sulfonamides is 1. The van der Waals surface area contributed by atoms with E-state index in [2.05, 4.69) is 10.6 Å². The average molecular weight is 780 g/mol. The van der Waals surface area contributed by atoms with Gasteiger partial charge in [-0.25, -0.2) is 17.5 Å². The number of hydrogen-bond donors (Lipinski definition) is 8. The molecule has 2 aliphatic rings. The number of rotatable bonds is 20. The van der Waals surface area contributed by atoms with Crippen LogP contribution in [0.2, 0.25) is 5.02 Å². The number of carbonyl (C=O) groups excluding carboxylic acids is 1. The molecular weight excluding hydrogens is 732 g/mol. The normalized spacial score (nSPS) is 17.5. The van der Waals surface area contributed by atoms with E-state index in [1.807, 2.05) is 30.3 Å². The second kappa shape index (κ2) is 17.7. The Balaban J connectivity index is 1.16.